The number of piperidine rings is 1. The molecule has 1 aliphatic rings. The van der Waals surface area contributed by atoms with Gasteiger partial charge < -0.3 is 14.9 Å². The summed E-state index contributed by atoms with van der Waals surface area (Å²) >= 11 is 0. The molecule has 1 aliphatic heterocycles. The quantitative estimate of drug-likeness (QED) is 0.771. The molecule has 1 aromatic heterocycles. The molecule has 0 radical (unpaired) electrons. The van der Waals surface area contributed by atoms with Gasteiger partial charge in [0, 0.05) is 30.2 Å². The number of hydrogen-bond donors (Lipinski definition) is 2. The van der Waals surface area contributed by atoms with E-state index in [2.05, 4.69) is 9.82 Å². The van der Waals surface area contributed by atoms with Crippen LogP contribution in [0.4, 0.5) is 9.18 Å². The van der Waals surface area contributed by atoms with E-state index >= 15 is 0 Å². The molecule has 0 unspecified atom stereocenters. The summed E-state index contributed by atoms with van der Waals surface area (Å²) in [6, 6.07) is 4.85. The molecule has 6 heteroatoms. The molecular weight excluding hydrogens is 311 g/mol. The number of H-pyrrole nitrogens is 1. The third-order valence-corrected chi connectivity index (χ3v) is 4.82. The van der Waals surface area contributed by atoms with Crippen LogP contribution < -0.4 is 0 Å². The second kappa shape index (κ2) is 7.66. The molecule has 1 fully saturated rings. The Balaban J connectivity index is 1.40. The van der Waals surface area contributed by atoms with E-state index in [1.165, 1.54) is 16.7 Å². The molecule has 0 amide bonds. The number of unbranched alkanes of at least 4 members (excludes halogenated alkanes) is 1. The first-order valence-corrected chi connectivity index (χ1v) is 8.53. The molecule has 5 nitrogen and oxygen atoms in total. The standard InChI is InChI=1S/C18H23FN2O3/c19-15-5-6-17-16(11-15)14(12-20-17)4-2-1-3-13-7-9-21(10-8-13)24-18(22)23/h5-6,11-13,20H,1-4,7-10H2,(H,22,23). The van der Waals surface area contributed by atoms with Crippen molar-refractivity contribution in [1.29, 1.82) is 0 Å². The lowest BCUT2D eigenvalue weighted by molar-refractivity contribution is -0.135. The molecule has 0 bridgehead atoms. The van der Waals surface area contributed by atoms with Crippen molar-refractivity contribution < 1.29 is 19.1 Å². The van der Waals surface area contributed by atoms with Crippen molar-refractivity contribution in [2.75, 3.05) is 13.1 Å². The van der Waals surface area contributed by atoms with Gasteiger partial charge in [0.1, 0.15) is 5.82 Å². The highest BCUT2D eigenvalue weighted by molar-refractivity contribution is 5.83. The fourth-order valence-electron chi connectivity index (χ4n) is 3.51. The molecular formula is C18H23FN2O3. The number of hydrogen-bond acceptors (Lipinski definition) is 3. The van der Waals surface area contributed by atoms with Crippen molar-refractivity contribution in [2.24, 2.45) is 5.92 Å². The molecule has 0 spiro atoms. The minimum atomic E-state index is -1.23. The van der Waals surface area contributed by atoms with Gasteiger partial charge in [0.2, 0.25) is 0 Å². The van der Waals surface area contributed by atoms with Crippen molar-refractivity contribution in [3.8, 4) is 0 Å². The van der Waals surface area contributed by atoms with Crippen LogP contribution in [0.25, 0.3) is 10.9 Å². The molecule has 24 heavy (non-hydrogen) atoms. The first kappa shape index (κ1) is 16.8. The van der Waals surface area contributed by atoms with E-state index in [0.717, 1.165) is 49.4 Å². The molecule has 1 saturated heterocycles. The first-order valence-electron chi connectivity index (χ1n) is 8.53. The Kier molecular flexibility index (Phi) is 5.35. The van der Waals surface area contributed by atoms with E-state index in [4.69, 9.17) is 5.11 Å². The number of carbonyl (C=O) groups is 1. The van der Waals surface area contributed by atoms with E-state index in [1.807, 2.05) is 6.20 Å². The average Bonchev–Trinajstić information content (AvgIpc) is 2.95. The van der Waals surface area contributed by atoms with Gasteiger partial charge in [-0.25, -0.2) is 9.18 Å². The number of nitrogens with zero attached hydrogens (tertiary/aromatic N) is 1. The Labute approximate surface area is 140 Å². The van der Waals surface area contributed by atoms with Gasteiger partial charge in [-0.15, -0.1) is 5.06 Å². The molecule has 0 atom stereocenters. The van der Waals surface area contributed by atoms with Crippen LogP contribution in [-0.2, 0) is 11.3 Å². The fourth-order valence-corrected chi connectivity index (χ4v) is 3.51. The van der Waals surface area contributed by atoms with Crippen LogP contribution in [-0.4, -0.2) is 34.4 Å². The number of nitrogens with one attached hydrogen (secondary N) is 1. The molecule has 3 rings (SSSR count). The van der Waals surface area contributed by atoms with Gasteiger partial charge in [0.25, 0.3) is 0 Å². The average molecular weight is 334 g/mol. The highest BCUT2D eigenvalue weighted by atomic mass is 19.1. The summed E-state index contributed by atoms with van der Waals surface area (Å²) in [7, 11) is 0. The van der Waals surface area contributed by atoms with Crippen LogP contribution in [0.1, 0.15) is 37.7 Å². The normalized spacial score (nSPS) is 16.5. The smallest absolute Gasteiger partial charge is 0.448 e. The van der Waals surface area contributed by atoms with E-state index in [9.17, 15) is 9.18 Å². The lowest BCUT2D eigenvalue weighted by Gasteiger charge is -2.29. The van der Waals surface area contributed by atoms with Crippen LogP contribution in [0.3, 0.4) is 0 Å². The molecule has 2 heterocycles. The summed E-state index contributed by atoms with van der Waals surface area (Å²) in [4.78, 5) is 18.4. The van der Waals surface area contributed by atoms with Gasteiger partial charge in [-0.2, -0.15) is 0 Å². The predicted octanol–water partition coefficient (Wildman–Crippen LogP) is 4.34. The van der Waals surface area contributed by atoms with Crippen molar-refractivity contribution in [1.82, 2.24) is 10.0 Å². The predicted molar refractivity (Wildman–Crippen MR) is 89.2 cm³/mol. The van der Waals surface area contributed by atoms with Gasteiger partial charge in [-0.1, -0.05) is 12.8 Å². The van der Waals surface area contributed by atoms with Gasteiger partial charge >= 0.3 is 6.16 Å². The molecule has 0 aliphatic carbocycles. The third kappa shape index (κ3) is 4.26. The number of aromatic nitrogens is 1. The van der Waals surface area contributed by atoms with E-state index in [0.29, 0.717) is 19.0 Å². The molecule has 2 aromatic rings. The number of aromatic amines is 1. The van der Waals surface area contributed by atoms with Crippen molar-refractivity contribution in [2.45, 2.75) is 38.5 Å². The fraction of sp³-hybridized carbons (Fsp3) is 0.500. The van der Waals surface area contributed by atoms with Gasteiger partial charge in [0.05, 0.1) is 0 Å². The monoisotopic (exact) mass is 334 g/mol. The van der Waals surface area contributed by atoms with Crippen LogP contribution in [0.5, 0.6) is 0 Å². The SMILES string of the molecule is O=C(O)ON1CCC(CCCCc2c[nH]c3ccc(F)cc23)CC1. The highest BCUT2D eigenvalue weighted by Crippen LogP contribution is 2.25. The maximum atomic E-state index is 13.4. The number of rotatable bonds is 6. The zero-order valence-corrected chi connectivity index (χ0v) is 13.6. The zero-order valence-electron chi connectivity index (χ0n) is 13.6. The van der Waals surface area contributed by atoms with E-state index in [-0.39, 0.29) is 5.82 Å². The topological polar surface area (TPSA) is 65.6 Å². The Morgan fingerprint density at radius 1 is 1.33 bits per heavy atom. The van der Waals surface area contributed by atoms with Crippen LogP contribution >= 0.6 is 0 Å². The molecule has 130 valence electrons. The minimum Gasteiger partial charge on any atom is -0.448 e. The number of benzene rings is 1. The van der Waals surface area contributed by atoms with Gasteiger partial charge in [0.15, 0.2) is 0 Å². The Morgan fingerprint density at radius 2 is 2.12 bits per heavy atom. The second-order valence-corrected chi connectivity index (χ2v) is 6.48. The van der Waals surface area contributed by atoms with Crippen molar-refractivity contribution in [3.63, 3.8) is 0 Å². The number of fused-ring (bicyclic) bond motifs is 1. The highest BCUT2D eigenvalue weighted by Gasteiger charge is 2.21. The maximum Gasteiger partial charge on any atom is 0.525 e. The van der Waals surface area contributed by atoms with E-state index in [1.54, 1.807) is 12.1 Å². The van der Waals surface area contributed by atoms with Crippen LogP contribution in [0.2, 0.25) is 0 Å². The molecule has 0 saturated carbocycles. The number of aryl methyl sites for hydroxylation is 1. The van der Waals surface area contributed by atoms with E-state index < -0.39 is 6.16 Å². The minimum absolute atomic E-state index is 0.196. The Hall–Kier alpha value is -2.08. The lowest BCUT2D eigenvalue weighted by Crippen LogP contribution is -2.35. The summed E-state index contributed by atoms with van der Waals surface area (Å²) in [6.07, 6.45) is 7.01. The number of halogens is 1. The number of carboxylic acid groups (broad SMARTS) is 1. The van der Waals surface area contributed by atoms with Crippen molar-refractivity contribution in [3.05, 3.63) is 35.8 Å². The molecule has 2 N–H and O–H groups in total. The first-order chi connectivity index (χ1) is 11.6. The largest absolute Gasteiger partial charge is 0.525 e. The maximum absolute atomic E-state index is 13.4. The summed E-state index contributed by atoms with van der Waals surface area (Å²) in [5.74, 6) is 0.442. The van der Waals surface area contributed by atoms with Crippen LogP contribution in [0, 0.1) is 11.7 Å². The van der Waals surface area contributed by atoms with Gasteiger partial charge in [-0.3, -0.25) is 0 Å². The molecule has 1 aromatic carbocycles. The third-order valence-electron chi connectivity index (χ3n) is 4.82. The Bertz CT molecular complexity index is 693. The van der Waals surface area contributed by atoms with Gasteiger partial charge in [-0.05, 0) is 55.4 Å². The Morgan fingerprint density at radius 3 is 2.88 bits per heavy atom. The summed E-state index contributed by atoms with van der Waals surface area (Å²) in [5.41, 5.74) is 2.16. The summed E-state index contributed by atoms with van der Waals surface area (Å²) in [5, 5.41) is 11.1. The number of hydroxylamine groups is 2. The zero-order chi connectivity index (χ0) is 16.9. The summed E-state index contributed by atoms with van der Waals surface area (Å²) in [6.45, 7) is 1.36. The summed E-state index contributed by atoms with van der Waals surface area (Å²) < 4.78 is 13.4. The second-order valence-electron chi connectivity index (χ2n) is 6.48. The van der Waals surface area contributed by atoms with Crippen LogP contribution in [0.15, 0.2) is 24.4 Å². The van der Waals surface area contributed by atoms with Crippen molar-refractivity contribution >= 4 is 17.1 Å². The lowest BCUT2D eigenvalue weighted by atomic mass is 9.91.